The van der Waals surface area contributed by atoms with Crippen LogP contribution in [-0.4, -0.2) is 0 Å². The predicted molar refractivity (Wildman–Crippen MR) is 190 cm³/mol. The molecule has 1 nitrogen and oxygen atoms in total. The van der Waals surface area contributed by atoms with Gasteiger partial charge in [-0.2, -0.15) is 0 Å². The molecule has 9 aromatic rings. The van der Waals surface area contributed by atoms with Crippen molar-refractivity contribution in [2.45, 2.75) is 0 Å². The second-order valence-electron chi connectivity index (χ2n) is 10.4. The van der Waals surface area contributed by atoms with E-state index in [1.165, 1.54) is 0 Å². The van der Waals surface area contributed by atoms with Gasteiger partial charge in [0, 0.05) is 10.8 Å². The molecular weight excluding hydrogens is 544 g/mol. The van der Waals surface area contributed by atoms with Crippen LogP contribution in [0.4, 0.5) is 0 Å². The van der Waals surface area contributed by atoms with Crippen molar-refractivity contribution >= 4 is 43.5 Å². The summed E-state index contributed by atoms with van der Waals surface area (Å²) in [6.07, 6.45) is 0. The van der Waals surface area contributed by atoms with E-state index >= 15 is 0 Å². The van der Waals surface area contributed by atoms with Crippen LogP contribution in [0.1, 0.15) is 21.9 Å². The molecule has 0 bridgehead atoms. The van der Waals surface area contributed by atoms with Crippen molar-refractivity contribution in [1.29, 1.82) is 0 Å². The Labute approximate surface area is 284 Å². The van der Waals surface area contributed by atoms with Crippen LogP contribution in [0.25, 0.3) is 88.0 Å². The Bertz CT molecular complexity index is 3310. The van der Waals surface area contributed by atoms with Gasteiger partial charge in [-0.3, -0.25) is 0 Å². The molecule has 0 aliphatic carbocycles. The number of hydrogen-bond donors (Lipinski definition) is 0. The van der Waals surface area contributed by atoms with Gasteiger partial charge in [0.25, 0.3) is 0 Å². The molecule has 45 heavy (non-hydrogen) atoms. The van der Waals surface area contributed by atoms with Gasteiger partial charge < -0.3 is 4.42 Å². The average Bonchev–Trinajstić information content (AvgIpc) is 3.68. The zero-order valence-electron chi connectivity index (χ0n) is 39.3. The van der Waals surface area contributed by atoms with E-state index in [9.17, 15) is 5.48 Å². The zero-order chi connectivity index (χ0) is 43.7. The molecule has 0 spiro atoms. The fraction of sp³-hybridized carbons (Fsp3) is 0. The van der Waals surface area contributed by atoms with Gasteiger partial charge in [-0.05, 0) is 90.2 Å². The smallest absolute Gasteiger partial charge is 0.136 e. The third kappa shape index (κ3) is 4.24. The first kappa shape index (κ1) is 14.2. The van der Waals surface area contributed by atoms with Crippen LogP contribution in [0.3, 0.4) is 0 Å². The molecule has 0 atom stereocenters. The summed E-state index contributed by atoms with van der Waals surface area (Å²) in [6.45, 7) is 0. The minimum atomic E-state index is -0.693. The summed E-state index contributed by atoms with van der Waals surface area (Å²) in [5.74, 6) is 0. The minimum Gasteiger partial charge on any atom is -0.456 e. The second-order valence-corrected chi connectivity index (χ2v) is 10.4. The first-order valence-corrected chi connectivity index (χ1v) is 14.1. The maximum absolute atomic E-state index is 9.59. The highest BCUT2D eigenvalue weighted by atomic mass is 16.3. The number of fused-ring (bicyclic) bond motifs is 5. The summed E-state index contributed by atoms with van der Waals surface area (Å²) in [5.41, 5.74) is 1.02. The standard InChI is InChI=1S/C44H28O/c1-3-11-29(12-4-1)31-19-21-32(22-20-31)43-36-15-7-9-17-38(36)44(39-18-10-8-16-37(39)43)34-23-25-35-40-27-33(30-13-5-2-6-14-30)24-26-41(40)45-42(35)28-34/h1-28H/i1D,2D,3D,4D,5D,6D,11D,12D,13D,14D,23D,24D,25D,26D,27D,28D. The molecule has 0 unspecified atom stereocenters. The lowest BCUT2D eigenvalue weighted by Crippen LogP contribution is -1.91. The van der Waals surface area contributed by atoms with Crippen molar-refractivity contribution in [2.24, 2.45) is 0 Å². The molecule has 9 rings (SSSR count). The molecule has 0 saturated heterocycles. The van der Waals surface area contributed by atoms with Gasteiger partial charge in [-0.1, -0.05) is 145 Å². The Balaban J connectivity index is 1.31. The maximum atomic E-state index is 9.59. The molecule has 1 aromatic heterocycles. The summed E-state index contributed by atoms with van der Waals surface area (Å²) >= 11 is 0. The lowest BCUT2D eigenvalue weighted by atomic mass is 9.85. The van der Waals surface area contributed by atoms with Gasteiger partial charge in [0.15, 0.2) is 0 Å². The first-order valence-electron chi connectivity index (χ1n) is 22.1. The fourth-order valence-corrected chi connectivity index (χ4v) is 5.92. The quantitative estimate of drug-likeness (QED) is 0.186. The van der Waals surface area contributed by atoms with Gasteiger partial charge >= 0.3 is 0 Å². The molecule has 0 N–H and O–H groups in total. The van der Waals surface area contributed by atoms with E-state index in [4.69, 9.17) is 20.9 Å². The lowest BCUT2D eigenvalue weighted by Gasteiger charge is -2.18. The van der Waals surface area contributed by atoms with E-state index in [1.807, 2.05) is 36.4 Å². The molecule has 1 heterocycles. The van der Waals surface area contributed by atoms with Crippen molar-refractivity contribution in [3.63, 3.8) is 0 Å². The summed E-state index contributed by atoms with van der Waals surface area (Å²) in [4.78, 5) is 0. The fourth-order valence-electron chi connectivity index (χ4n) is 5.92. The summed E-state index contributed by atoms with van der Waals surface area (Å²) in [7, 11) is 0. The Kier molecular flexibility index (Phi) is 3.28. The Morgan fingerprint density at radius 2 is 0.844 bits per heavy atom. The molecule has 8 aromatic carbocycles. The van der Waals surface area contributed by atoms with Crippen molar-refractivity contribution in [3.05, 3.63) is 169 Å². The van der Waals surface area contributed by atoms with Crippen molar-refractivity contribution < 1.29 is 26.3 Å². The largest absolute Gasteiger partial charge is 0.456 e. The summed E-state index contributed by atoms with van der Waals surface area (Å²) < 4.78 is 144. The van der Waals surface area contributed by atoms with Gasteiger partial charge in [-0.25, -0.2) is 0 Å². The molecule has 1 heteroatoms. The number of furan rings is 1. The van der Waals surface area contributed by atoms with Crippen LogP contribution >= 0.6 is 0 Å². The van der Waals surface area contributed by atoms with Crippen LogP contribution in [0.5, 0.6) is 0 Å². The van der Waals surface area contributed by atoms with E-state index in [0.717, 1.165) is 11.1 Å². The SMILES string of the molecule is [2H]c1c([2H])c([2H])c(-c2ccc(-c3c4ccccc4c(-c4c([2H])c([2H])c5c(oc6c([2H])c([2H])c(-c7c([2H])c([2H])c([2H])c([2H])c7[2H])c([2H])c65)c4[2H])c4ccccc34)cc2)c([2H])c1[2H]. The molecule has 210 valence electrons. The highest BCUT2D eigenvalue weighted by molar-refractivity contribution is 6.22. The Morgan fingerprint density at radius 3 is 1.44 bits per heavy atom. The Morgan fingerprint density at radius 1 is 0.333 bits per heavy atom. The third-order valence-electron chi connectivity index (χ3n) is 7.90. The number of hydrogen-bond acceptors (Lipinski definition) is 1. The first-order chi connectivity index (χ1) is 29.0. The second kappa shape index (κ2) is 10.4. The van der Waals surface area contributed by atoms with Crippen molar-refractivity contribution in [2.75, 3.05) is 0 Å². The van der Waals surface area contributed by atoms with Crippen LogP contribution in [0, 0.1) is 0 Å². The van der Waals surface area contributed by atoms with Gasteiger partial charge in [0.05, 0.1) is 21.9 Å². The Hall–Kier alpha value is -5.92. The van der Waals surface area contributed by atoms with Gasteiger partial charge in [0.2, 0.25) is 0 Å². The van der Waals surface area contributed by atoms with E-state index in [1.54, 1.807) is 36.4 Å². The summed E-state index contributed by atoms with van der Waals surface area (Å²) in [6, 6.07) is 13.3. The predicted octanol–water partition coefficient (Wildman–Crippen LogP) is 12.6. The molecule has 0 saturated carbocycles. The normalized spacial score (nSPS) is 16.5. The monoisotopic (exact) mass is 588 g/mol. The van der Waals surface area contributed by atoms with Crippen LogP contribution in [0.15, 0.2) is 174 Å². The van der Waals surface area contributed by atoms with Crippen LogP contribution < -0.4 is 0 Å². The third-order valence-corrected chi connectivity index (χ3v) is 7.90. The molecule has 0 amide bonds. The number of rotatable bonds is 4. The van der Waals surface area contributed by atoms with Crippen LogP contribution in [0.2, 0.25) is 0 Å². The van der Waals surface area contributed by atoms with E-state index < -0.39 is 89.7 Å². The van der Waals surface area contributed by atoms with E-state index in [-0.39, 0.29) is 51.2 Å². The van der Waals surface area contributed by atoms with Crippen molar-refractivity contribution in [1.82, 2.24) is 0 Å². The van der Waals surface area contributed by atoms with Gasteiger partial charge in [0.1, 0.15) is 11.2 Å². The van der Waals surface area contributed by atoms with E-state index in [0.29, 0.717) is 32.7 Å². The highest BCUT2D eigenvalue weighted by Gasteiger charge is 2.18. The maximum Gasteiger partial charge on any atom is 0.136 e. The molecule has 0 aliphatic heterocycles. The van der Waals surface area contributed by atoms with Gasteiger partial charge in [-0.15, -0.1) is 0 Å². The molecule has 0 aliphatic rings. The zero-order valence-corrected chi connectivity index (χ0v) is 23.3. The molecule has 0 radical (unpaired) electrons. The highest BCUT2D eigenvalue weighted by Crippen LogP contribution is 2.45. The average molecular weight is 589 g/mol. The topological polar surface area (TPSA) is 13.1 Å². The minimum absolute atomic E-state index is 0.0297. The van der Waals surface area contributed by atoms with Crippen molar-refractivity contribution in [3.8, 4) is 44.5 Å². The van der Waals surface area contributed by atoms with Crippen LogP contribution in [-0.2, 0) is 0 Å². The lowest BCUT2D eigenvalue weighted by molar-refractivity contribution is 0.669. The molecular formula is C44H28O. The molecule has 0 fully saturated rings. The van der Waals surface area contributed by atoms with E-state index in [2.05, 4.69) is 0 Å². The number of benzene rings is 8. The summed E-state index contributed by atoms with van der Waals surface area (Å²) in [5, 5.41) is 2.29.